The van der Waals surface area contributed by atoms with E-state index >= 15 is 0 Å². The predicted molar refractivity (Wildman–Crippen MR) is 58.7 cm³/mol. The minimum absolute atomic E-state index is 0.0447. The second kappa shape index (κ2) is 3.24. The van der Waals surface area contributed by atoms with Crippen LogP contribution >= 0.6 is 15.9 Å². The molecular weight excluding hydrogens is 244 g/mol. The zero-order chi connectivity index (χ0) is 10.3. The van der Waals surface area contributed by atoms with Gasteiger partial charge in [-0.25, -0.2) is 0 Å². The molecule has 1 aromatic carbocycles. The molecule has 0 saturated carbocycles. The summed E-state index contributed by atoms with van der Waals surface area (Å²) in [5.41, 5.74) is 1.86. The number of carbonyl (C=O) groups excluding carboxylic acids is 1. The number of ketones is 1. The number of Topliss-reactive ketones (excluding diaryl/α,β-unsaturated/α-hetero) is 1. The van der Waals surface area contributed by atoms with Crippen molar-refractivity contribution in [1.29, 1.82) is 0 Å². The van der Waals surface area contributed by atoms with Gasteiger partial charge >= 0.3 is 0 Å². The van der Waals surface area contributed by atoms with Gasteiger partial charge in [-0.1, -0.05) is 15.9 Å². The Hall–Kier alpha value is -1.09. The topological polar surface area (TPSA) is 30.2 Å². The van der Waals surface area contributed by atoms with Crippen LogP contribution < -0.4 is 0 Å². The highest BCUT2D eigenvalue weighted by molar-refractivity contribution is 9.10. The van der Waals surface area contributed by atoms with Gasteiger partial charge < -0.3 is 4.42 Å². The number of aryl methyl sites for hydroxylation is 1. The first-order valence-electron chi connectivity index (χ1n) is 4.29. The van der Waals surface area contributed by atoms with E-state index in [1.54, 1.807) is 6.07 Å². The van der Waals surface area contributed by atoms with Crippen LogP contribution in [0, 0.1) is 6.92 Å². The molecule has 1 aromatic heterocycles. The smallest absolute Gasteiger partial charge is 0.194 e. The third-order valence-electron chi connectivity index (χ3n) is 2.25. The van der Waals surface area contributed by atoms with Crippen LogP contribution in [0.15, 0.2) is 27.1 Å². The van der Waals surface area contributed by atoms with Gasteiger partial charge in [-0.05, 0) is 30.7 Å². The first-order chi connectivity index (χ1) is 6.59. The first kappa shape index (κ1) is 9.46. The van der Waals surface area contributed by atoms with Crippen molar-refractivity contribution in [1.82, 2.24) is 0 Å². The minimum Gasteiger partial charge on any atom is -0.453 e. The van der Waals surface area contributed by atoms with Gasteiger partial charge in [-0.15, -0.1) is 0 Å². The number of carbonyl (C=O) groups is 1. The van der Waals surface area contributed by atoms with Crippen molar-refractivity contribution in [2.45, 2.75) is 13.8 Å². The van der Waals surface area contributed by atoms with E-state index in [0.717, 1.165) is 21.0 Å². The molecule has 0 bridgehead atoms. The average Bonchev–Trinajstić information content (AvgIpc) is 2.56. The Bertz CT molecular complexity index is 511. The van der Waals surface area contributed by atoms with Crippen molar-refractivity contribution in [2.75, 3.05) is 0 Å². The molecule has 14 heavy (non-hydrogen) atoms. The quantitative estimate of drug-likeness (QED) is 0.725. The van der Waals surface area contributed by atoms with Crippen LogP contribution in [0.25, 0.3) is 11.0 Å². The molecule has 0 radical (unpaired) electrons. The van der Waals surface area contributed by atoms with E-state index in [1.165, 1.54) is 6.92 Å². The number of rotatable bonds is 1. The Morgan fingerprint density at radius 2 is 2.14 bits per heavy atom. The summed E-state index contributed by atoms with van der Waals surface area (Å²) in [6.45, 7) is 3.49. The van der Waals surface area contributed by atoms with Crippen LogP contribution in [0.5, 0.6) is 0 Å². The summed E-state index contributed by atoms with van der Waals surface area (Å²) in [5.74, 6) is 0.373. The van der Waals surface area contributed by atoms with Gasteiger partial charge in [0.15, 0.2) is 11.5 Å². The molecule has 0 amide bonds. The normalized spacial score (nSPS) is 10.8. The Kier molecular flexibility index (Phi) is 2.19. The van der Waals surface area contributed by atoms with Gasteiger partial charge in [0.05, 0.1) is 0 Å². The lowest BCUT2D eigenvalue weighted by Crippen LogP contribution is -1.85. The van der Waals surface area contributed by atoms with Gasteiger partial charge in [0.2, 0.25) is 0 Å². The molecule has 0 aliphatic rings. The first-order valence-corrected chi connectivity index (χ1v) is 5.08. The summed E-state index contributed by atoms with van der Waals surface area (Å²) < 4.78 is 6.42. The van der Waals surface area contributed by atoms with Gasteiger partial charge in [0.25, 0.3) is 0 Å². The van der Waals surface area contributed by atoms with E-state index in [0.29, 0.717) is 5.76 Å². The molecule has 0 spiro atoms. The third kappa shape index (κ3) is 1.38. The van der Waals surface area contributed by atoms with Gasteiger partial charge in [-0.3, -0.25) is 4.79 Å². The molecule has 0 fully saturated rings. The zero-order valence-electron chi connectivity index (χ0n) is 7.93. The molecule has 0 saturated heterocycles. The standard InChI is InChI=1S/C11H9BrO2/c1-6-8-5-11(7(2)13)14-10(8)4-3-9(6)12/h3-5H,1-2H3. The summed E-state index contributed by atoms with van der Waals surface area (Å²) in [5, 5.41) is 0.990. The van der Waals surface area contributed by atoms with Crippen molar-refractivity contribution in [3.63, 3.8) is 0 Å². The number of hydrogen-bond acceptors (Lipinski definition) is 2. The molecular formula is C11H9BrO2. The molecule has 0 N–H and O–H groups in total. The molecule has 3 heteroatoms. The maximum atomic E-state index is 11.1. The summed E-state index contributed by atoms with van der Waals surface area (Å²) in [6.07, 6.45) is 0. The van der Waals surface area contributed by atoms with Gasteiger partial charge in [-0.2, -0.15) is 0 Å². The number of halogens is 1. The monoisotopic (exact) mass is 252 g/mol. The third-order valence-corrected chi connectivity index (χ3v) is 3.11. The van der Waals surface area contributed by atoms with Crippen LogP contribution in [0.2, 0.25) is 0 Å². The maximum absolute atomic E-state index is 11.1. The summed E-state index contributed by atoms with van der Waals surface area (Å²) in [6, 6.07) is 5.57. The molecule has 2 rings (SSSR count). The van der Waals surface area contributed by atoms with E-state index in [-0.39, 0.29) is 5.78 Å². The largest absolute Gasteiger partial charge is 0.453 e. The number of benzene rings is 1. The summed E-state index contributed by atoms with van der Waals surface area (Å²) >= 11 is 3.44. The molecule has 0 atom stereocenters. The van der Waals surface area contributed by atoms with E-state index in [9.17, 15) is 4.79 Å². The second-order valence-electron chi connectivity index (χ2n) is 3.25. The van der Waals surface area contributed by atoms with Crippen LogP contribution in [0.1, 0.15) is 23.0 Å². The fraction of sp³-hybridized carbons (Fsp3) is 0.182. The Morgan fingerprint density at radius 3 is 2.79 bits per heavy atom. The van der Waals surface area contributed by atoms with E-state index in [2.05, 4.69) is 15.9 Å². The van der Waals surface area contributed by atoms with E-state index in [1.807, 2.05) is 19.1 Å². The fourth-order valence-corrected chi connectivity index (χ4v) is 1.74. The second-order valence-corrected chi connectivity index (χ2v) is 4.11. The number of furan rings is 1. The van der Waals surface area contributed by atoms with Gasteiger partial charge in [0, 0.05) is 16.8 Å². The summed E-state index contributed by atoms with van der Waals surface area (Å²) in [7, 11) is 0. The maximum Gasteiger partial charge on any atom is 0.194 e. The fourth-order valence-electron chi connectivity index (χ4n) is 1.40. The van der Waals surface area contributed by atoms with Crippen LogP contribution in [-0.2, 0) is 0 Å². The lowest BCUT2D eigenvalue weighted by atomic mass is 10.1. The molecule has 1 heterocycles. The summed E-state index contributed by atoms with van der Waals surface area (Å²) in [4.78, 5) is 11.1. The SMILES string of the molecule is CC(=O)c1cc2c(C)c(Br)ccc2o1. The van der Waals surface area contributed by atoms with Gasteiger partial charge in [0.1, 0.15) is 5.58 Å². The lowest BCUT2D eigenvalue weighted by molar-refractivity contribution is 0.0989. The molecule has 2 aromatic rings. The van der Waals surface area contributed by atoms with Crippen molar-refractivity contribution in [2.24, 2.45) is 0 Å². The van der Waals surface area contributed by atoms with Crippen LogP contribution in [-0.4, -0.2) is 5.78 Å². The van der Waals surface area contributed by atoms with E-state index < -0.39 is 0 Å². The van der Waals surface area contributed by atoms with Crippen LogP contribution in [0.3, 0.4) is 0 Å². The van der Waals surface area contributed by atoms with Crippen molar-refractivity contribution >= 4 is 32.7 Å². The number of hydrogen-bond donors (Lipinski definition) is 0. The Balaban J connectivity index is 2.77. The lowest BCUT2D eigenvalue weighted by Gasteiger charge is -1.96. The minimum atomic E-state index is -0.0447. The Labute approximate surface area is 90.0 Å². The molecule has 0 aliphatic carbocycles. The highest BCUT2D eigenvalue weighted by Gasteiger charge is 2.10. The molecule has 72 valence electrons. The molecule has 0 aliphatic heterocycles. The number of fused-ring (bicyclic) bond motifs is 1. The predicted octanol–water partition coefficient (Wildman–Crippen LogP) is 3.71. The molecule has 2 nitrogen and oxygen atoms in total. The average molecular weight is 253 g/mol. The van der Waals surface area contributed by atoms with E-state index in [4.69, 9.17) is 4.42 Å². The van der Waals surface area contributed by atoms with Crippen molar-refractivity contribution in [3.05, 3.63) is 34.0 Å². The van der Waals surface area contributed by atoms with Crippen LogP contribution in [0.4, 0.5) is 0 Å². The Morgan fingerprint density at radius 1 is 1.43 bits per heavy atom. The van der Waals surface area contributed by atoms with Crippen molar-refractivity contribution < 1.29 is 9.21 Å². The molecule has 0 unspecified atom stereocenters. The highest BCUT2D eigenvalue weighted by Crippen LogP contribution is 2.28. The highest BCUT2D eigenvalue weighted by atomic mass is 79.9. The zero-order valence-corrected chi connectivity index (χ0v) is 9.51. The van der Waals surface area contributed by atoms with Crippen molar-refractivity contribution in [3.8, 4) is 0 Å².